The van der Waals surface area contributed by atoms with Gasteiger partial charge in [-0.05, 0) is 81.3 Å². The van der Waals surface area contributed by atoms with Crippen molar-refractivity contribution in [3.8, 4) is 11.5 Å². The van der Waals surface area contributed by atoms with Gasteiger partial charge in [-0.15, -0.1) is 0 Å². The van der Waals surface area contributed by atoms with Crippen LogP contribution in [-0.2, 0) is 17.5 Å². The molecular formula is C24H13Br2F3N2O5S. The van der Waals surface area contributed by atoms with E-state index in [2.05, 4.69) is 31.9 Å². The number of carbonyl (C=O) groups is 2. The first-order valence-electron chi connectivity index (χ1n) is 10.3. The molecule has 1 fully saturated rings. The van der Waals surface area contributed by atoms with Crippen LogP contribution in [0.3, 0.4) is 0 Å². The third kappa shape index (κ3) is 6.22. The van der Waals surface area contributed by atoms with Crippen molar-refractivity contribution >= 4 is 66.5 Å². The number of carbonyl (C=O) groups excluding carboxylic acids is 2. The number of nitro benzene ring substituents is 1. The molecule has 3 aromatic rings. The number of rotatable bonds is 6. The number of alkyl halides is 3. The van der Waals surface area contributed by atoms with Crippen molar-refractivity contribution in [1.82, 2.24) is 4.90 Å². The van der Waals surface area contributed by atoms with Crippen LogP contribution in [-0.4, -0.2) is 21.0 Å². The zero-order chi connectivity index (χ0) is 26.9. The quantitative estimate of drug-likeness (QED) is 0.151. The molecule has 13 heteroatoms. The summed E-state index contributed by atoms with van der Waals surface area (Å²) < 4.78 is 45.5. The van der Waals surface area contributed by atoms with Crippen LogP contribution in [0.25, 0.3) is 6.08 Å². The van der Waals surface area contributed by atoms with Crippen LogP contribution in [0.4, 0.5) is 23.7 Å². The van der Waals surface area contributed by atoms with Gasteiger partial charge in [0.15, 0.2) is 0 Å². The molecule has 0 saturated carbocycles. The second-order valence-corrected chi connectivity index (χ2v) is 10.4. The minimum Gasteiger partial charge on any atom is -0.449 e. The number of benzene rings is 3. The van der Waals surface area contributed by atoms with E-state index in [0.29, 0.717) is 22.2 Å². The summed E-state index contributed by atoms with van der Waals surface area (Å²) in [4.78, 5) is 36.9. The molecule has 0 N–H and O–H groups in total. The monoisotopic (exact) mass is 656 g/mol. The highest BCUT2D eigenvalue weighted by Crippen LogP contribution is 2.40. The molecule has 0 unspecified atom stereocenters. The predicted octanol–water partition coefficient (Wildman–Crippen LogP) is 8.17. The molecular weight excluding hydrogens is 645 g/mol. The number of amides is 2. The normalized spacial score (nSPS) is 14.9. The number of halogens is 5. The fraction of sp³-hybridized carbons (Fsp3) is 0.0833. The summed E-state index contributed by atoms with van der Waals surface area (Å²) in [5.41, 5.74) is -0.705. The highest BCUT2D eigenvalue weighted by Gasteiger charge is 2.35. The maximum absolute atomic E-state index is 12.9. The van der Waals surface area contributed by atoms with Crippen LogP contribution in [0.2, 0.25) is 0 Å². The zero-order valence-corrected chi connectivity index (χ0v) is 22.3. The number of ether oxygens (including phenoxy) is 1. The SMILES string of the molecule is O=C1S/C(=C\c2ccc(Oc3ccc(C(F)(F)F)cc3[N+](=O)[O-])c(Br)c2)C(=O)N1Cc1ccc(Br)cc1. The zero-order valence-electron chi connectivity index (χ0n) is 18.3. The molecule has 0 bridgehead atoms. The van der Waals surface area contributed by atoms with E-state index in [1.54, 1.807) is 24.3 Å². The van der Waals surface area contributed by atoms with Gasteiger partial charge < -0.3 is 4.74 Å². The summed E-state index contributed by atoms with van der Waals surface area (Å²) in [5, 5.41) is 10.9. The van der Waals surface area contributed by atoms with E-state index in [1.807, 2.05) is 12.1 Å². The molecule has 37 heavy (non-hydrogen) atoms. The van der Waals surface area contributed by atoms with E-state index >= 15 is 0 Å². The summed E-state index contributed by atoms with van der Waals surface area (Å²) in [6, 6.07) is 13.7. The average Bonchev–Trinajstić information content (AvgIpc) is 3.08. The Morgan fingerprint density at radius 2 is 1.68 bits per heavy atom. The first-order chi connectivity index (χ1) is 17.4. The van der Waals surface area contributed by atoms with E-state index in [1.165, 1.54) is 12.1 Å². The molecule has 1 heterocycles. The Kier molecular flexibility index (Phi) is 7.76. The minimum absolute atomic E-state index is 0.100. The Balaban J connectivity index is 1.53. The molecule has 0 spiro atoms. The lowest BCUT2D eigenvalue weighted by Crippen LogP contribution is -2.27. The molecule has 7 nitrogen and oxygen atoms in total. The van der Waals surface area contributed by atoms with Crippen LogP contribution in [0.5, 0.6) is 11.5 Å². The average molecular weight is 658 g/mol. The van der Waals surface area contributed by atoms with Crippen molar-refractivity contribution in [2.45, 2.75) is 12.7 Å². The summed E-state index contributed by atoms with van der Waals surface area (Å²) in [7, 11) is 0. The number of nitrogens with zero attached hydrogens (tertiary/aromatic N) is 2. The lowest BCUT2D eigenvalue weighted by molar-refractivity contribution is -0.385. The highest BCUT2D eigenvalue weighted by molar-refractivity contribution is 9.10. The summed E-state index contributed by atoms with van der Waals surface area (Å²) >= 11 is 7.40. The molecule has 0 aromatic heterocycles. The lowest BCUT2D eigenvalue weighted by Gasteiger charge is -2.12. The van der Waals surface area contributed by atoms with E-state index in [9.17, 15) is 32.9 Å². The van der Waals surface area contributed by atoms with Gasteiger partial charge in [0.05, 0.1) is 26.4 Å². The van der Waals surface area contributed by atoms with Crippen molar-refractivity contribution in [2.24, 2.45) is 0 Å². The van der Waals surface area contributed by atoms with E-state index in [-0.39, 0.29) is 22.9 Å². The molecule has 0 aliphatic carbocycles. The smallest absolute Gasteiger partial charge is 0.416 e. The number of hydrogen-bond donors (Lipinski definition) is 0. The molecule has 1 aliphatic heterocycles. The molecule has 0 atom stereocenters. The van der Waals surface area contributed by atoms with Crippen molar-refractivity contribution in [3.63, 3.8) is 0 Å². The Morgan fingerprint density at radius 1 is 1.00 bits per heavy atom. The Hall–Kier alpha value is -3.16. The van der Waals surface area contributed by atoms with E-state index < -0.39 is 33.5 Å². The summed E-state index contributed by atoms with van der Waals surface area (Å²) in [5.74, 6) is -0.724. The second kappa shape index (κ2) is 10.7. The van der Waals surface area contributed by atoms with Crippen LogP contribution >= 0.6 is 43.6 Å². The van der Waals surface area contributed by atoms with Crippen molar-refractivity contribution in [3.05, 3.63) is 101 Å². The van der Waals surface area contributed by atoms with Gasteiger partial charge in [-0.1, -0.05) is 34.1 Å². The standard InChI is InChI=1S/C24H13Br2F3N2O5S/c25-16-5-1-13(2-6-16)12-30-22(32)21(37-23(30)33)10-14-3-7-19(17(26)9-14)36-20-8-4-15(24(27,28)29)11-18(20)31(34)35/h1-11H,12H2/b21-10-. The number of imide groups is 1. The van der Waals surface area contributed by atoms with E-state index in [0.717, 1.165) is 32.8 Å². The van der Waals surface area contributed by atoms with Gasteiger partial charge in [0, 0.05) is 10.5 Å². The Bertz CT molecular complexity index is 1450. The Labute approximate surface area is 228 Å². The van der Waals surface area contributed by atoms with Gasteiger partial charge in [0.2, 0.25) is 5.75 Å². The lowest BCUT2D eigenvalue weighted by atomic mass is 10.1. The molecule has 1 aliphatic rings. The van der Waals surface area contributed by atoms with Gasteiger partial charge >= 0.3 is 11.9 Å². The molecule has 190 valence electrons. The number of nitro groups is 1. The minimum atomic E-state index is -4.75. The molecule has 2 amide bonds. The largest absolute Gasteiger partial charge is 0.449 e. The van der Waals surface area contributed by atoms with Crippen LogP contribution < -0.4 is 4.74 Å². The van der Waals surface area contributed by atoms with Gasteiger partial charge in [-0.25, -0.2) is 0 Å². The first kappa shape index (κ1) is 26.9. The van der Waals surface area contributed by atoms with Crippen molar-refractivity contribution < 1.29 is 32.4 Å². The Morgan fingerprint density at radius 3 is 2.30 bits per heavy atom. The van der Waals surface area contributed by atoms with Gasteiger partial charge in [-0.2, -0.15) is 13.2 Å². The van der Waals surface area contributed by atoms with Crippen molar-refractivity contribution in [1.29, 1.82) is 0 Å². The maximum atomic E-state index is 12.9. The fourth-order valence-corrected chi connectivity index (χ4v) is 4.87. The third-order valence-electron chi connectivity index (χ3n) is 5.08. The molecule has 0 radical (unpaired) electrons. The predicted molar refractivity (Wildman–Crippen MR) is 138 cm³/mol. The van der Waals surface area contributed by atoms with Gasteiger partial charge in [0.25, 0.3) is 11.1 Å². The molecule has 1 saturated heterocycles. The first-order valence-corrected chi connectivity index (χ1v) is 12.7. The topological polar surface area (TPSA) is 89.7 Å². The molecule has 4 rings (SSSR count). The summed E-state index contributed by atoms with van der Waals surface area (Å²) in [6.07, 6.45) is -3.23. The second-order valence-electron chi connectivity index (χ2n) is 7.62. The highest BCUT2D eigenvalue weighted by atomic mass is 79.9. The van der Waals surface area contributed by atoms with Crippen molar-refractivity contribution in [2.75, 3.05) is 0 Å². The van der Waals surface area contributed by atoms with Crippen LogP contribution in [0.15, 0.2) is 74.5 Å². The van der Waals surface area contributed by atoms with Gasteiger partial charge in [0.1, 0.15) is 5.75 Å². The molecule has 3 aromatic carbocycles. The number of thioether (sulfide) groups is 1. The number of hydrogen-bond acceptors (Lipinski definition) is 6. The van der Waals surface area contributed by atoms with Crippen LogP contribution in [0.1, 0.15) is 16.7 Å². The van der Waals surface area contributed by atoms with E-state index in [4.69, 9.17) is 4.74 Å². The van der Waals surface area contributed by atoms with Crippen LogP contribution in [0, 0.1) is 10.1 Å². The fourth-order valence-electron chi connectivity index (χ4n) is 3.29. The van der Waals surface area contributed by atoms with Gasteiger partial charge in [-0.3, -0.25) is 24.6 Å². The maximum Gasteiger partial charge on any atom is 0.416 e. The summed E-state index contributed by atoms with van der Waals surface area (Å²) in [6.45, 7) is 0.123. The third-order valence-corrected chi connectivity index (χ3v) is 7.14.